The zero-order valence-electron chi connectivity index (χ0n) is 10.1. The van der Waals surface area contributed by atoms with E-state index in [2.05, 4.69) is 0 Å². The number of hydrogen-bond acceptors (Lipinski definition) is 3. The van der Waals surface area contributed by atoms with Crippen LogP contribution in [0.15, 0.2) is 18.2 Å². The van der Waals surface area contributed by atoms with Crippen molar-refractivity contribution in [2.75, 3.05) is 18.9 Å². The van der Waals surface area contributed by atoms with Crippen molar-refractivity contribution in [2.45, 2.75) is 25.9 Å². The lowest BCUT2D eigenvalue weighted by atomic mass is 10.3. The third-order valence-corrected chi connectivity index (χ3v) is 2.10. The van der Waals surface area contributed by atoms with E-state index in [1.54, 1.807) is 6.07 Å². The predicted molar refractivity (Wildman–Crippen MR) is 62.8 cm³/mol. The average Bonchev–Trinajstić information content (AvgIpc) is 2.28. The van der Waals surface area contributed by atoms with Gasteiger partial charge in [0.25, 0.3) is 0 Å². The van der Waals surface area contributed by atoms with Gasteiger partial charge in [-0.25, -0.2) is 0 Å². The molecule has 0 aliphatic carbocycles. The van der Waals surface area contributed by atoms with Crippen molar-refractivity contribution < 1.29 is 22.6 Å². The van der Waals surface area contributed by atoms with E-state index in [0.717, 1.165) is 6.42 Å². The molecule has 0 aromatic heterocycles. The molecule has 0 saturated carbocycles. The molecule has 18 heavy (non-hydrogen) atoms. The molecule has 0 fully saturated rings. The molecule has 102 valence electrons. The van der Waals surface area contributed by atoms with Gasteiger partial charge in [-0.05, 0) is 18.6 Å². The molecule has 1 aromatic carbocycles. The van der Waals surface area contributed by atoms with Gasteiger partial charge >= 0.3 is 6.18 Å². The maximum Gasteiger partial charge on any atom is 0.392 e. The summed E-state index contributed by atoms with van der Waals surface area (Å²) in [4.78, 5) is 0. The second-order valence-corrected chi connectivity index (χ2v) is 3.76. The van der Waals surface area contributed by atoms with Crippen LogP contribution in [0, 0.1) is 0 Å². The highest BCUT2D eigenvalue weighted by atomic mass is 19.4. The zero-order valence-corrected chi connectivity index (χ0v) is 10.1. The number of ether oxygens (including phenoxy) is 2. The smallest absolute Gasteiger partial charge is 0.392 e. The summed E-state index contributed by atoms with van der Waals surface area (Å²) < 4.78 is 46.2. The zero-order chi connectivity index (χ0) is 13.6. The molecule has 0 bridgehead atoms. The molecule has 0 aliphatic heterocycles. The first kappa shape index (κ1) is 14.5. The summed E-state index contributed by atoms with van der Waals surface area (Å²) >= 11 is 0. The van der Waals surface area contributed by atoms with Gasteiger partial charge in [0.15, 0.2) is 0 Å². The van der Waals surface area contributed by atoms with Crippen molar-refractivity contribution in [3.63, 3.8) is 0 Å². The lowest BCUT2D eigenvalue weighted by Gasteiger charge is -2.12. The minimum atomic E-state index is -4.21. The number of alkyl halides is 3. The van der Waals surface area contributed by atoms with Crippen molar-refractivity contribution in [3.05, 3.63) is 18.2 Å². The first-order chi connectivity index (χ1) is 8.42. The summed E-state index contributed by atoms with van der Waals surface area (Å²) in [6.45, 7) is 2.02. The Kier molecular flexibility index (Phi) is 5.12. The van der Waals surface area contributed by atoms with Crippen molar-refractivity contribution >= 4 is 5.69 Å². The van der Waals surface area contributed by atoms with Crippen LogP contribution in [0.1, 0.15) is 19.8 Å². The number of anilines is 1. The Bertz CT molecular complexity index is 380. The van der Waals surface area contributed by atoms with Gasteiger partial charge in [0, 0.05) is 6.07 Å². The van der Waals surface area contributed by atoms with Crippen molar-refractivity contribution in [1.29, 1.82) is 0 Å². The number of halogens is 3. The van der Waals surface area contributed by atoms with E-state index in [-0.39, 0.29) is 0 Å². The lowest BCUT2D eigenvalue weighted by molar-refractivity contribution is -0.139. The summed E-state index contributed by atoms with van der Waals surface area (Å²) in [7, 11) is 0. The SMILES string of the molecule is CCCOc1cc(OCCC(F)(F)F)ccc1N. The van der Waals surface area contributed by atoms with E-state index in [1.807, 2.05) is 6.92 Å². The Labute approximate surface area is 104 Å². The lowest BCUT2D eigenvalue weighted by Crippen LogP contribution is -2.13. The van der Waals surface area contributed by atoms with Crippen molar-refractivity contribution in [2.24, 2.45) is 0 Å². The van der Waals surface area contributed by atoms with Gasteiger partial charge in [0.2, 0.25) is 0 Å². The maximum absolute atomic E-state index is 11.9. The number of nitrogens with two attached hydrogens (primary N) is 1. The highest BCUT2D eigenvalue weighted by Crippen LogP contribution is 2.28. The van der Waals surface area contributed by atoms with Crippen LogP contribution in [0.25, 0.3) is 0 Å². The van der Waals surface area contributed by atoms with Crippen LogP contribution >= 0.6 is 0 Å². The monoisotopic (exact) mass is 263 g/mol. The van der Waals surface area contributed by atoms with E-state index < -0.39 is 19.2 Å². The highest BCUT2D eigenvalue weighted by Gasteiger charge is 2.26. The largest absolute Gasteiger partial charge is 0.493 e. The molecule has 0 amide bonds. The fourth-order valence-electron chi connectivity index (χ4n) is 1.23. The normalized spacial score (nSPS) is 11.3. The van der Waals surface area contributed by atoms with Crippen LogP contribution in [-0.2, 0) is 0 Å². The van der Waals surface area contributed by atoms with E-state index in [1.165, 1.54) is 12.1 Å². The summed E-state index contributed by atoms with van der Waals surface area (Å²) in [5.41, 5.74) is 6.10. The van der Waals surface area contributed by atoms with Gasteiger partial charge < -0.3 is 15.2 Å². The fourth-order valence-corrected chi connectivity index (χ4v) is 1.23. The molecule has 1 rings (SSSR count). The molecule has 0 radical (unpaired) electrons. The first-order valence-corrected chi connectivity index (χ1v) is 5.64. The van der Waals surface area contributed by atoms with Gasteiger partial charge in [0.1, 0.15) is 11.5 Å². The molecule has 3 nitrogen and oxygen atoms in total. The molecule has 2 N–H and O–H groups in total. The van der Waals surface area contributed by atoms with Crippen LogP contribution < -0.4 is 15.2 Å². The molecule has 6 heteroatoms. The Morgan fingerprint density at radius 3 is 2.50 bits per heavy atom. The second-order valence-electron chi connectivity index (χ2n) is 3.76. The molecule has 0 spiro atoms. The molecule has 0 saturated heterocycles. The van der Waals surface area contributed by atoms with Crippen molar-refractivity contribution in [1.82, 2.24) is 0 Å². The van der Waals surface area contributed by atoms with Gasteiger partial charge in [-0.3, -0.25) is 0 Å². The van der Waals surface area contributed by atoms with Crippen LogP contribution in [0.4, 0.5) is 18.9 Å². The molecule has 0 unspecified atom stereocenters. The van der Waals surface area contributed by atoms with Gasteiger partial charge in [-0.1, -0.05) is 6.92 Å². The number of rotatable bonds is 6. The van der Waals surface area contributed by atoms with Gasteiger partial charge in [-0.15, -0.1) is 0 Å². The van der Waals surface area contributed by atoms with Crippen LogP contribution in [-0.4, -0.2) is 19.4 Å². The topological polar surface area (TPSA) is 44.5 Å². The summed E-state index contributed by atoms with van der Waals surface area (Å²) in [5, 5.41) is 0. The second kappa shape index (κ2) is 6.37. The highest BCUT2D eigenvalue weighted by molar-refractivity contribution is 5.55. The number of benzene rings is 1. The number of hydrogen-bond donors (Lipinski definition) is 1. The Balaban J connectivity index is 2.56. The minimum absolute atomic E-state index is 0.319. The third kappa shape index (κ3) is 5.16. The van der Waals surface area contributed by atoms with E-state index in [0.29, 0.717) is 23.8 Å². The maximum atomic E-state index is 11.9. The van der Waals surface area contributed by atoms with E-state index in [4.69, 9.17) is 15.2 Å². The molecule has 0 heterocycles. The standard InChI is InChI=1S/C12H16F3NO2/c1-2-6-18-11-8-9(3-4-10(11)16)17-7-5-12(13,14)15/h3-4,8H,2,5-7,16H2,1H3. The minimum Gasteiger partial charge on any atom is -0.493 e. The summed E-state index contributed by atoms with van der Waals surface area (Å²) in [5.74, 6) is 0.751. The van der Waals surface area contributed by atoms with E-state index >= 15 is 0 Å². The summed E-state index contributed by atoms with van der Waals surface area (Å²) in [6, 6.07) is 4.57. The average molecular weight is 263 g/mol. The van der Waals surface area contributed by atoms with Gasteiger partial charge in [0.05, 0.1) is 25.3 Å². The fraction of sp³-hybridized carbons (Fsp3) is 0.500. The Morgan fingerprint density at radius 1 is 1.17 bits per heavy atom. The third-order valence-electron chi connectivity index (χ3n) is 2.10. The number of nitrogen functional groups attached to an aromatic ring is 1. The molecular formula is C12H16F3NO2. The molecule has 1 aromatic rings. The molecular weight excluding hydrogens is 247 g/mol. The van der Waals surface area contributed by atoms with Crippen LogP contribution in [0.3, 0.4) is 0 Å². The first-order valence-electron chi connectivity index (χ1n) is 5.64. The van der Waals surface area contributed by atoms with Crippen molar-refractivity contribution in [3.8, 4) is 11.5 Å². The van der Waals surface area contributed by atoms with Crippen LogP contribution in [0.2, 0.25) is 0 Å². The van der Waals surface area contributed by atoms with Crippen LogP contribution in [0.5, 0.6) is 11.5 Å². The molecule has 0 atom stereocenters. The van der Waals surface area contributed by atoms with Gasteiger partial charge in [-0.2, -0.15) is 13.2 Å². The quantitative estimate of drug-likeness (QED) is 0.800. The summed E-state index contributed by atoms with van der Waals surface area (Å²) in [6.07, 6.45) is -4.38. The Morgan fingerprint density at radius 2 is 1.89 bits per heavy atom. The van der Waals surface area contributed by atoms with E-state index in [9.17, 15) is 13.2 Å². The Hall–Kier alpha value is -1.59. The predicted octanol–water partition coefficient (Wildman–Crippen LogP) is 3.39. The molecule has 0 aliphatic rings.